The van der Waals surface area contributed by atoms with Gasteiger partial charge in [0.1, 0.15) is 17.0 Å². The first-order chi connectivity index (χ1) is 14.3. The predicted molar refractivity (Wildman–Crippen MR) is 123 cm³/mol. The zero-order valence-corrected chi connectivity index (χ0v) is 17.9. The van der Waals surface area contributed by atoms with Crippen molar-refractivity contribution in [2.24, 2.45) is 0 Å². The summed E-state index contributed by atoms with van der Waals surface area (Å²) >= 11 is 5.25. The van der Waals surface area contributed by atoms with E-state index in [0.29, 0.717) is 13.2 Å². The Morgan fingerprint density at radius 1 is 0.655 bits per heavy atom. The quantitative estimate of drug-likeness (QED) is 0.314. The molecule has 0 saturated heterocycles. The minimum atomic E-state index is 0.580. The molecule has 144 valence electrons. The Balaban J connectivity index is 1.55. The molecule has 5 rings (SSSR count). The molecule has 0 radical (unpaired) electrons. The van der Waals surface area contributed by atoms with E-state index in [2.05, 4.69) is 93.6 Å². The summed E-state index contributed by atoms with van der Waals surface area (Å²) in [7, 11) is 0. The van der Waals surface area contributed by atoms with Gasteiger partial charge in [-0.25, -0.2) is 0 Å². The van der Waals surface area contributed by atoms with Crippen molar-refractivity contribution in [2.75, 3.05) is 18.1 Å². The van der Waals surface area contributed by atoms with Gasteiger partial charge in [0, 0.05) is 17.1 Å². The minimum absolute atomic E-state index is 0.580. The highest BCUT2D eigenvalue weighted by atomic mass is 79.9. The Labute approximate surface area is 182 Å². The number of ether oxygens (including phenoxy) is 2. The van der Waals surface area contributed by atoms with Crippen molar-refractivity contribution < 1.29 is 9.47 Å². The van der Waals surface area contributed by atoms with Crippen LogP contribution in [0.25, 0.3) is 10.4 Å². The van der Waals surface area contributed by atoms with E-state index in [1.807, 2.05) is 12.1 Å². The van der Waals surface area contributed by atoms with Crippen molar-refractivity contribution in [1.29, 1.82) is 0 Å². The van der Waals surface area contributed by atoms with Crippen LogP contribution in [0.5, 0.6) is 11.5 Å². The second-order valence-electron chi connectivity index (χ2n) is 6.61. The second-order valence-corrected chi connectivity index (χ2v) is 8.95. The van der Waals surface area contributed by atoms with Crippen molar-refractivity contribution in [2.45, 2.75) is 0 Å². The highest BCUT2D eigenvalue weighted by Crippen LogP contribution is 2.52. The number of nitrogens with zero attached hydrogens (tertiary/aromatic N) is 1. The topological polar surface area (TPSA) is 21.7 Å². The number of rotatable bonds is 4. The molecule has 0 N–H and O–H groups in total. The first-order valence-corrected chi connectivity index (χ1v) is 11.0. The summed E-state index contributed by atoms with van der Waals surface area (Å²) in [6.45, 7) is 1.17. The summed E-state index contributed by atoms with van der Waals surface area (Å²) in [5, 5.41) is 0. The van der Waals surface area contributed by atoms with Crippen LogP contribution in [0.2, 0.25) is 0 Å². The molecular weight excluding hydrogens is 446 g/mol. The molecule has 5 heteroatoms. The average Bonchev–Trinajstić information content (AvgIpc) is 3.13. The number of fused-ring (bicyclic) bond motifs is 1. The van der Waals surface area contributed by atoms with Crippen LogP contribution < -0.4 is 14.4 Å². The molecule has 0 saturated carbocycles. The molecule has 0 amide bonds. The molecule has 0 aliphatic carbocycles. The lowest BCUT2D eigenvalue weighted by molar-refractivity contribution is 0.173. The molecule has 0 fully saturated rings. The molecule has 2 heterocycles. The molecule has 4 aromatic rings. The maximum absolute atomic E-state index is 5.89. The van der Waals surface area contributed by atoms with E-state index in [1.54, 1.807) is 11.3 Å². The summed E-state index contributed by atoms with van der Waals surface area (Å²) in [5.74, 6) is 1.65. The molecule has 29 heavy (non-hydrogen) atoms. The van der Waals surface area contributed by atoms with Gasteiger partial charge >= 0.3 is 0 Å². The Morgan fingerprint density at radius 3 is 1.76 bits per heavy atom. The fourth-order valence-corrected chi connectivity index (χ4v) is 5.17. The van der Waals surface area contributed by atoms with Gasteiger partial charge in [0.15, 0.2) is 11.5 Å². The van der Waals surface area contributed by atoms with E-state index in [4.69, 9.17) is 9.47 Å². The SMILES string of the molecule is Brc1sc(-c2ccc(N(c3ccccc3)c3ccccc3)cc2)c2c1OCCO2. The molecular formula is C24H18BrNO2S. The third-order valence-corrected chi connectivity index (χ3v) is 6.61. The van der Waals surface area contributed by atoms with Crippen LogP contribution in [0.4, 0.5) is 17.1 Å². The number of hydrogen-bond donors (Lipinski definition) is 0. The summed E-state index contributed by atoms with van der Waals surface area (Å²) < 4.78 is 12.6. The lowest BCUT2D eigenvalue weighted by Crippen LogP contribution is -2.14. The van der Waals surface area contributed by atoms with Gasteiger partial charge in [0.2, 0.25) is 0 Å². The van der Waals surface area contributed by atoms with Crippen LogP contribution in [0.3, 0.4) is 0 Å². The minimum Gasteiger partial charge on any atom is -0.485 e. The zero-order valence-electron chi connectivity index (χ0n) is 15.5. The predicted octanol–water partition coefficient (Wildman–Crippen LogP) is 7.42. The van der Waals surface area contributed by atoms with Gasteiger partial charge in [0.05, 0.1) is 4.88 Å². The Hall–Kier alpha value is -2.76. The molecule has 0 bridgehead atoms. The molecule has 3 aromatic carbocycles. The van der Waals surface area contributed by atoms with Crippen molar-refractivity contribution >= 4 is 44.3 Å². The molecule has 0 atom stereocenters. The van der Waals surface area contributed by atoms with Gasteiger partial charge in [-0.05, 0) is 57.9 Å². The van der Waals surface area contributed by atoms with E-state index in [1.165, 1.54) is 0 Å². The molecule has 1 aromatic heterocycles. The number of hydrogen-bond acceptors (Lipinski definition) is 4. The van der Waals surface area contributed by atoms with Crippen molar-refractivity contribution in [3.63, 3.8) is 0 Å². The molecule has 3 nitrogen and oxygen atoms in total. The first-order valence-electron chi connectivity index (χ1n) is 9.40. The number of halogens is 1. The smallest absolute Gasteiger partial charge is 0.187 e. The maximum atomic E-state index is 5.89. The Bertz CT molecular complexity index is 1070. The van der Waals surface area contributed by atoms with E-state index in [9.17, 15) is 0 Å². The van der Waals surface area contributed by atoms with Gasteiger partial charge < -0.3 is 14.4 Å². The van der Waals surface area contributed by atoms with E-state index < -0.39 is 0 Å². The van der Waals surface area contributed by atoms with Gasteiger partial charge in [-0.3, -0.25) is 0 Å². The van der Waals surface area contributed by atoms with Gasteiger partial charge in [-0.15, -0.1) is 11.3 Å². The average molecular weight is 464 g/mol. The fourth-order valence-electron chi connectivity index (χ4n) is 3.47. The first kappa shape index (κ1) is 18.3. The van der Waals surface area contributed by atoms with E-state index in [-0.39, 0.29) is 0 Å². The number of benzene rings is 3. The molecule has 0 unspecified atom stereocenters. The van der Waals surface area contributed by atoms with Crippen LogP contribution in [0.1, 0.15) is 0 Å². The van der Waals surface area contributed by atoms with Gasteiger partial charge in [-0.2, -0.15) is 0 Å². The Kier molecular flexibility index (Phi) is 5.00. The maximum Gasteiger partial charge on any atom is 0.187 e. The monoisotopic (exact) mass is 463 g/mol. The summed E-state index contributed by atoms with van der Waals surface area (Å²) in [6, 6.07) is 29.4. The summed E-state index contributed by atoms with van der Waals surface area (Å²) in [4.78, 5) is 3.34. The van der Waals surface area contributed by atoms with Gasteiger partial charge in [0.25, 0.3) is 0 Å². The highest BCUT2D eigenvalue weighted by Gasteiger charge is 2.24. The Morgan fingerprint density at radius 2 is 1.17 bits per heavy atom. The third-order valence-electron chi connectivity index (χ3n) is 4.78. The van der Waals surface area contributed by atoms with E-state index >= 15 is 0 Å². The molecule has 0 spiro atoms. The summed E-state index contributed by atoms with van der Waals surface area (Å²) in [6.07, 6.45) is 0. The van der Waals surface area contributed by atoms with Crippen molar-refractivity contribution in [1.82, 2.24) is 0 Å². The lowest BCUT2D eigenvalue weighted by Gasteiger charge is -2.25. The summed E-state index contributed by atoms with van der Waals surface area (Å²) in [5.41, 5.74) is 4.47. The number of anilines is 3. The fraction of sp³-hybridized carbons (Fsp3) is 0.0833. The number of para-hydroxylation sites is 2. The van der Waals surface area contributed by atoms with Crippen LogP contribution in [0.15, 0.2) is 88.7 Å². The van der Waals surface area contributed by atoms with Crippen LogP contribution >= 0.6 is 27.3 Å². The van der Waals surface area contributed by atoms with E-state index in [0.717, 1.165) is 42.8 Å². The van der Waals surface area contributed by atoms with Crippen LogP contribution in [-0.4, -0.2) is 13.2 Å². The second kappa shape index (κ2) is 7.93. The normalized spacial score (nSPS) is 12.6. The largest absolute Gasteiger partial charge is 0.485 e. The highest BCUT2D eigenvalue weighted by molar-refractivity contribution is 9.11. The van der Waals surface area contributed by atoms with Crippen LogP contribution in [-0.2, 0) is 0 Å². The molecule has 1 aliphatic heterocycles. The van der Waals surface area contributed by atoms with Crippen LogP contribution in [0, 0.1) is 0 Å². The third kappa shape index (κ3) is 3.52. The van der Waals surface area contributed by atoms with Gasteiger partial charge in [-0.1, -0.05) is 48.5 Å². The van der Waals surface area contributed by atoms with Crippen molar-refractivity contribution in [3.8, 4) is 21.9 Å². The van der Waals surface area contributed by atoms with Crippen molar-refractivity contribution in [3.05, 3.63) is 88.7 Å². The zero-order chi connectivity index (χ0) is 19.6. The lowest BCUT2D eigenvalue weighted by atomic mass is 10.1. The molecule has 1 aliphatic rings. The number of thiophene rings is 1. The standard InChI is InChI=1S/C24H18BrNO2S/c25-24-22-21(27-15-16-28-22)23(29-24)17-11-13-20(14-12-17)26(18-7-3-1-4-8-18)19-9-5-2-6-10-19/h1-14H,15-16H2.